The number of rotatable bonds is 8. The highest BCUT2D eigenvalue weighted by Gasteiger charge is 2.47. The largest absolute Gasteiger partial charge is 0.0625 e. The second-order valence-electron chi connectivity index (χ2n) is 11.9. The predicted octanol–water partition coefficient (Wildman–Crippen LogP) is 9.59. The fourth-order valence-electron chi connectivity index (χ4n) is 6.90. The molecule has 0 heterocycles. The van der Waals surface area contributed by atoms with Gasteiger partial charge < -0.3 is 0 Å². The monoisotopic (exact) mass is 440 g/mol. The van der Waals surface area contributed by atoms with E-state index in [0.29, 0.717) is 23.7 Å². The predicted molar refractivity (Wildman–Crippen MR) is 146 cm³/mol. The second kappa shape index (κ2) is 9.28. The SMILES string of the molecule is CCc1cccc2c1C=C(CC(C)C)C2C(C)(C)C1C(CC(C)C)=Cc2c(CC)cccc21. The summed E-state index contributed by atoms with van der Waals surface area (Å²) < 4.78 is 0. The lowest BCUT2D eigenvalue weighted by molar-refractivity contribution is 0.263. The first kappa shape index (κ1) is 24.1. The molecule has 0 heteroatoms. The second-order valence-corrected chi connectivity index (χ2v) is 11.9. The van der Waals surface area contributed by atoms with Crippen LogP contribution in [-0.2, 0) is 12.8 Å². The van der Waals surface area contributed by atoms with Gasteiger partial charge in [-0.15, -0.1) is 0 Å². The Labute approximate surface area is 203 Å². The van der Waals surface area contributed by atoms with E-state index in [0.717, 1.165) is 12.8 Å². The topological polar surface area (TPSA) is 0 Å². The van der Waals surface area contributed by atoms with Crippen LogP contribution in [0.4, 0.5) is 0 Å². The summed E-state index contributed by atoms with van der Waals surface area (Å²) >= 11 is 0. The summed E-state index contributed by atoms with van der Waals surface area (Å²) in [5.41, 5.74) is 12.6. The molecule has 0 aromatic heterocycles. The Bertz CT molecular complexity index is 988. The van der Waals surface area contributed by atoms with E-state index in [1.165, 1.54) is 35.1 Å². The summed E-state index contributed by atoms with van der Waals surface area (Å²) in [5, 5.41) is 0. The Kier molecular flexibility index (Phi) is 6.77. The van der Waals surface area contributed by atoms with Crippen molar-refractivity contribution < 1.29 is 0 Å². The maximum atomic E-state index is 2.57. The number of aryl methyl sites for hydroxylation is 2. The molecule has 2 aliphatic rings. The number of allylic oxidation sites excluding steroid dienone is 2. The molecule has 2 aromatic rings. The quantitative estimate of drug-likeness (QED) is 0.383. The van der Waals surface area contributed by atoms with Gasteiger partial charge in [-0.2, -0.15) is 0 Å². The minimum atomic E-state index is 0.108. The van der Waals surface area contributed by atoms with Crippen molar-refractivity contribution in [2.45, 2.75) is 92.9 Å². The van der Waals surface area contributed by atoms with E-state index in [-0.39, 0.29) is 5.41 Å². The fourth-order valence-corrected chi connectivity index (χ4v) is 6.90. The Morgan fingerprint density at radius 1 is 0.667 bits per heavy atom. The molecule has 0 N–H and O–H groups in total. The molecule has 33 heavy (non-hydrogen) atoms. The average Bonchev–Trinajstić information content (AvgIpc) is 3.30. The smallest absolute Gasteiger partial charge is 0.0118 e. The third-order valence-corrected chi connectivity index (χ3v) is 8.02. The van der Waals surface area contributed by atoms with Crippen molar-refractivity contribution >= 4 is 12.2 Å². The van der Waals surface area contributed by atoms with Crippen LogP contribution in [0.25, 0.3) is 12.2 Å². The molecular formula is C33H44. The van der Waals surface area contributed by atoms with E-state index in [4.69, 9.17) is 0 Å². The van der Waals surface area contributed by atoms with Crippen LogP contribution >= 0.6 is 0 Å². The first-order chi connectivity index (χ1) is 15.7. The van der Waals surface area contributed by atoms with Crippen molar-refractivity contribution in [3.8, 4) is 0 Å². The van der Waals surface area contributed by atoms with Gasteiger partial charge in [0, 0.05) is 11.8 Å². The molecule has 0 amide bonds. The Hall–Kier alpha value is -2.08. The van der Waals surface area contributed by atoms with Gasteiger partial charge in [0.1, 0.15) is 0 Å². The molecule has 0 aliphatic heterocycles. The lowest BCUT2D eigenvalue weighted by Gasteiger charge is -2.42. The Balaban J connectivity index is 1.88. The Morgan fingerprint density at radius 2 is 1.06 bits per heavy atom. The molecule has 0 bridgehead atoms. The summed E-state index contributed by atoms with van der Waals surface area (Å²) in [6.45, 7) is 19.2. The molecule has 0 radical (unpaired) electrons. The lowest BCUT2D eigenvalue weighted by atomic mass is 9.61. The third kappa shape index (κ3) is 4.27. The highest BCUT2D eigenvalue weighted by atomic mass is 14.5. The van der Waals surface area contributed by atoms with Crippen LogP contribution in [0.5, 0.6) is 0 Å². The summed E-state index contributed by atoms with van der Waals surface area (Å²) in [5.74, 6) is 2.28. The van der Waals surface area contributed by atoms with E-state index in [1.807, 2.05) is 0 Å². The van der Waals surface area contributed by atoms with E-state index in [9.17, 15) is 0 Å². The summed E-state index contributed by atoms with van der Waals surface area (Å²) in [6, 6.07) is 14.1. The highest BCUT2D eigenvalue weighted by Crippen LogP contribution is 2.60. The minimum absolute atomic E-state index is 0.108. The van der Waals surface area contributed by atoms with Gasteiger partial charge in [-0.3, -0.25) is 0 Å². The fraction of sp³-hybridized carbons (Fsp3) is 0.515. The first-order valence-electron chi connectivity index (χ1n) is 13.3. The van der Waals surface area contributed by atoms with Crippen LogP contribution in [0.15, 0.2) is 47.5 Å². The summed E-state index contributed by atoms with van der Waals surface area (Å²) in [7, 11) is 0. The molecular weight excluding hydrogens is 396 g/mol. The zero-order chi connectivity index (χ0) is 23.9. The Morgan fingerprint density at radius 3 is 1.39 bits per heavy atom. The van der Waals surface area contributed by atoms with Gasteiger partial charge in [-0.25, -0.2) is 0 Å². The van der Waals surface area contributed by atoms with Crippen molar-refractivity contribution in [3.05, 3.63) is 80.9 Å². The maximum absolute atomic E-state index is 2.57. The van der Waals surface area contributed by atoms with E-state index in [1.54, 1.807) is 22.3 Å². The van der Waals surface area contributed by atoms with Gasteiger partial charge in [-0.05, 0) is 76.3 Å². The molecule has 0 nitrogen and oxygen atoms in total. The molecule has 2 atom stereocenters. The zero-order valence-corrected chi connectivity index (χ0v) is 22.3. The van der Waals surface area contributed by atoms with E-state index in [2.05, 4.69) is 104 Å². The zero-order valence-electron chi connectivity index (χ0n) is 22.3. The molecule has 0 spiro atoms. The molecule has 0 fully saturated rings. The molecule has 4 rings (SSSR count). The van der Waals surface area contributed by atoms with Crippen molar-refractivity contribution in [1.82, 2.24) is 0 Å². The maximum Gasteiger partial charge on any atom is 0.0118 e. The van der Waals surface area contributed by atoms with Crippen LogP contribution in [-0.4, -0.2) is 0 Å². The van der Waals surface area contributed by atoms with Gasteiger partial charge in [0.05, 0.1) is 0 Å². The van der Waals surface area contributed by atoms with Crippen molar-refractivity contribution in [1.29, 1.82) is 0 Å². The first-order valence-corrected chi connectivity index (χ1v) is 13.3. The van der Waals surface area contributed by atoms with Crippen molar-refractivity contribution in [3.63, 3.8) is 0 Å². The van der Waals surface area contributed by atoms with E-state index < -0.39 is 0 Å². The van der Waals surface area contributed by atoms with Gasteiger partial charge in [0.25, 0.3) is 0 Å². The molecule has 0 saturated heterocycles. The van der Waals surface area contributed by atoms with Crippen LogP contribution in [0.2, 0.25) is 0 Å². The average molecular weight is 441 g/mol. The molecule has 0 saturated carbocycles. The number of hydrogen-bond donors (Lipinski definition) is 0. The summed E-state index contributed by atoms with van der Waals surface area (Å²) in [4.78, 5) is 0. The van der Waals surface area contributed by atoms with Crippen LogP contribution in [0.3, 0.4) is 0 Å². The van der Waals surface area contributed by atoms with Crippen molar-refractivity contribution in [2.24, 2.45) is 17.3 Å². The van der Waals surface area contributed by atoms with Gasteiger partial charge >= 0.3 is 0 Å². The normalized spacial score (nSPS) is 19.7. The minimum Gasteiger partial charge on any atom is -0.0625 e. The van der Waals surface area contributed by atoms with Gasteiger partial charge in [0.2, 0.25) is 0 Å². The summed E-state index contributed by atoms with van der Waals surface area (Å²) in [6.07, 6.45) is 9.72. The molecule has 2 aromatic carbocycles. The third-order valence-electron chi connectivity index (χ3n) is 8.02. The van der Waals surface area contributed by atoms with E-state index >= 15 is 0 Å². The highest BCUT2D eigenvalue weighted by molar-refractivity contribution is 5.73. The van der Waals surface area contributed by atoms with Gasteiger partial charge in [-0.1, -0.05) is 115 Å². The number of fused-ring (bicyclic) bond motifs is 2. The number of hydrogen-bond acceptors (Lipinski definition) is 0. The molecule has 2 aliphatic carbocycles. The molecule has 2 unspecified atom stereocenters. The standard InChI is InChI=1S/C33H44/c1-9-23-13-11-15-27-29(23)19-25(17-21(3)4)31(27)33(7,8)32-26(18-22(5)6)20-30-24(10-2)14-12-16-28(30)32/h11-16,19-22,31-32H,9-10,17-18H2,1-8H3. The van der Waals surface area contributed by atoms with Gasteiger partial charge in [0.15, 0.2) is 0 Å². The number of benzene rings is 2. The van der Waals surface area contributed by atoms with Crippen LogP contribution in [0.1, 0.15) is 113 Å². The van der Waals surface area contributed by atoms with Crippen LogP contribution < -0.4 is 0 Å². The van der Waals surface area contributed by atoms with Crippen molar-refractivity contribution in [2.75, 3.05) is 0 Å². The van der Waals surface area contributed by atoms with Crippen LogP contribution in [0, 0.1) is 17.3 Å². The molecule has 176 valence electrons. The lowest BCUT2D eigenvalue weighted by Crippen LogP contribution is -2.31.